The second-order valence-corrected chi connectivity index (χ2v) is 6.47. The summed E-state index contributed by atoms with van der Waals surface area (Å²) in [5, 5.41) is 3.52. The number of hydrogen-bond acceptors (Lipinski definition) is 2. The van der Waals surface area contributed by atoms with Crippen molar-refractivity contribution in [3.05, 3.63) is 55.1 Å². The Bertz CT molecular complexity index is 704. The van der Waals surface area contributed by atoms with Crippen molar-refractivity contribution < 1.29 is 9.53 Å². The van der Waals surface area contributed by atoms with Gasteiger partial charge in [-0.15, -0.1) is 0 Å². The van der Waals surface area contributed by atoms with E-state index in [-0.39, 0.29) is 5.91 Å². The van der Waals surface area contributed by atoms with Crippen LogP contribution in [0.15, 0.2) is 30.3 Å². The molecule has 21 heavy (non-hydrogen) atoms. The van der Waals surface area contributed by atoms with Gasteiger partial charge in [0.2, 0.25) is 0 Å². The molecular formula is C15H12Cl2INO2. The van der Waals surface area contributed by atoms with Gasteiger partial charge in [0, 0.05) is 14.3 Å². The average Bonchev–Trinajstić information content (AvgIpc) is 2.41. The molecule has 0 saturated heterocycles. The molecule has 0 radical (unpaired) electrons. The number of anilines is 1. The third kappa shape index (κ3) is 3.81. The molecule has 0 aliphatic rings. The highest BCUT2D eigenvalue weighted by Gasteiger charge is 2.17. The van der Waals surface area contributed by atoms with Crippen molar-refractivity contribution in [1.29, 1.82) is 0 Å². The van der Waals surface area contributed by atoms with E-state index in [1.54, 1.807) is 0 Å². The largest absolute Gasteiger partial charge is 0.494 e. The Hall–Kier alpha value is -0.980. The topological polar surface area (TPSA) is 38.3 Å². The summed E-state index contributed by atoms with van der Waals surface area (Å²) in [6.45, 7) is 1.93. The Balaban J connectivity index is 2.36. The van der Waals surface area contributed by atoms with E-state index in [1.165, 1.54) is 19.2 Å². The second-order valence-electron chi connectivity index (χ2n) is 4.38. The number of hydrogen-bond donors (Lipinski definition) is 1. The van der Waals surface area contributed by atoms with Crippen molar-refractivity contribution in [3.63, 3.8) is 0 Å². The van der Waals surface area contributed by atoms with Crippen LogP contribution in [0.1, 0.15) is 15.9 Å². The van der Waals surface area contributed by atoms with Crippen molar-refractivity contribution in [2.24, 2.45) is 0 Å². The van der Waals surface area contributed by atoms with Crippen molar-refractivity contribution in [2.75, 3.05) is 12.4 Å². The number of carbonyl (C=O) groups excluding carboxylic acids is 1. The van der Waals surface area contributed by atoms with Crippen molar-refractivity contribution in [3.8, 4) is 5.75 Å². The van der Waals surface area contributed by atoms with Crippen LogP contribution in [-0.2, 0) is 0 Å². The normalized spacial score (nSPS) is 10.3. The predicted molar refractivity (Wildman–Crippen MR) is 94.9 cm³/mol. The van der Waals surface area contributed by atoms with Crippen molar-refractivity contribution >= 4 is 57.4 Å². The lowest BCUT2D eigenvalue weighted by molar-refractivity contribution is 0.102. The molecule has 0 aliphatic heterocycles. The van der Waals surface area contributed by atoms with Gasteiger partial charge in [0.25, 0.3) is 5.91 Å². The minimum atomic E-state index is -0.319. The number of carbonyl (C=O) groups is 1. The SMILES string of the molecule is COc1c(Cl)cc(Cl)cc1C(=O)Nc1ccc(I)cc1C. The fourth-order valence-electron chi connectivity index (χ4n) is 1.89. The Morgan fingerprint density at radius 3 is 2.57 bits per heavy atom. The maximum Gasteiger partial charge on any atom is 0.259 e. The van der Waals surface area contributed by atoms with Crippen LogP contribution < -0.4 is 10.1 Å². The first-order valence-electron chi connectivity index (χ1n) is 6.03. The van der Waals surface area contributed by atoms with Gasteiger partial charge >= 0.3 is 0 Å². The molecule has 0 spiro atoms. The van der Waals surface area contributed by atoms with Crippen LogP contribution in [0.2, 0.25) is 10.0 Å². The lowest BCUT2D eigenvalue weighted by atomic mass is 10.1. The summed E-state index contributed by atoms with van der Waals surface area (Å²) in [6, 6.07) is 8.83. The van der Waals surface area contributed by atoms with Gasteiger partial charge in [-0.2, -0.15) is 0 Å². The molecular weight excluding hydrogens is 424 g/mol. The first-order valence-corrected chi connectivity index (χ1v) is 7.86. The van der Waals surface area contributed by atoms with Crippen LogP contribution >= 0.6 is 45.8 Å². The number of amides is 1. The van der Waals surface area contributed by atoms with Gasteiger partial charge in [-0.3, -0.25) is 4.79 Å². The van der Waals surface area contributed by atoms with Crippen LogP contribution in [0.5, 0.6) is 5.75 Å². The monoisotopic (exact) mass is 435 g/mol. The summed E-state index contributed by atoms with van der Waals surface area (Å²) < 4.78 is 6.29. The Kier molecular flexibility index (Phi) is 5.35. The van der Waals surface area contributed by atoms with E-state index in [1.807, 2.05) is 25.1 Å². The highest BCUT2D eigenvalue weighted by molar-refractivity contribution is 14.1. The molecule has 0 aromatic heterocycles. The first-order chi connectivity index (χ1) is 9.92. The molecule has 2 rings (SSSR count). The highest BCUT2D eigenvalue weighted by atomic mass is 127. The Morgan fingerprint density at radius 1 is 1.24 bits per heavy atom. The van der Waals surface area contributed by atoms with Crippen LogP contribution in [0.4, 0.5) is 5.69 Å². The minimum absolute atomic E-state index is 0.299. The van der Waals surface area contributed by atoms with E-state index in [0.717, 1.165) is 14.8 Å². The van der Waals surface area contributed by atoms with E-state index in [0.29, 0.717) is 21.4 Å². The Labute approximate surface area is 146 Å². The molecule has 6 heteroatoms. The van der Waals surface area contributed by atoms with Gasteiger partial charge in [0.1, 0.15) is 5.75 Å². The number of rotatable bonds is 3. The molecule has 1 N–H and O–H groups in total. The van der Waals surface area contributed by atoms with Crippen LogP contribution in [0, 0.1) is 10.5 Å². The molecule has 0 unspecified atom stereocenters. The van der Waals surface area contributed by atoms with Gasteiger partial charge in [-0.05, 0) is 65.4 Å². The third-order valence-electron chi connectivity index (χ3n) is 2.89. The number of methoxy groups -OCH3 is 1. The lowest BCUT2D eigenvalue weighted by Crippen LogP contribution is -2.14. The number of aryl methyl sites for hydroxylation is 1. The van der Waals surface area contributed by atoms with E-state index in [9.17, 15) is 4.79 Å². The number of ether oxygens (including phenoxy) is 1. The number of halogens is 3. The van der Waals surface area contributed by atoms with Crippen LogP contribution in [0.3, 0.4) is 0 Å². The average molecular weight is 436 g/mol. The zero-order valence-electron chi connectivity index (χ0n) is 11.3. The standard InChI is InChI=1S/C15H12Cl2INO2/c1-8-5-10(18)3-4-13(8)19-15(20)11-6-9(16)7-12(17)14(11)21-2/h3-7H,1-2H3,(H,19,20). The fraction of sp³-hybridized carbons (Fsp3) is 0.133. The molecule has 0 aliphatic carbocycles. The molecule has 110 valence electrons. The molecule has 0 fully saturated rings. The van der Waals surface area contributed by atoms with Gasteiger partial charge in [-0.25, -0.2) is 0 Å². The molecule has 2 aromatic rings. The van der Waals surface area contributed by atoms with Gasteiger partial charge in [0.15, 0.2) is 0 Å². The quantitative estimate of drug-likeness (QED) is 0.675. The number of nitrogens with one attached hydrogen (secondary N) is 1. The lowest BCUT2D eigenvalue weighted by Gasteiger charge is -2.13. The molecule has 0 saturated carbocycles. The van der Waals surface area contributed by atoms with Crippen molar-refractivity contribution in [2.45, 2.75) is 6.92 Å². The number of benzene rings is 2. The van der Waals surface area contributed by atoms with Crippen molar-refractivity contribution in [1.82, 2.24) is 0 Å². The van der Waals surface area contributed by atoms with Gasteiger partial charge in [0.05, 0.1) is 17.7 Å². The maximum atomic E-state index is 12.4. The van der Waals surface area contributed by atoms with Crippen LogP contribution in [-0.4, -0.2) is 13.0 Å². The zero-order chi connectivity index (χ0) is 15.6. The maximum absolute atomic E-state index is 12.4. The van der Waals surface area contributed by atoms with Gasteiger partial charge in [-0.1, -0.05) is 23.2 Å². The summed E-state index contributed by atoms with van der Waals surface area (Å²) in [6.07, 6.45) is 0. The smallest absolute Gasteiger partial charge is 0.259 e. The van der Waals surface area contributed by atoms with E-state index >= 15 is 0 Å². The highest BCUT2D eigenvalue weighted by Crippen LogP contribution is 2.32. The molecule has 0 atom stereocenters. The molecule has 2 aromatic carbocycles. The minimum Gasteiger partial charge on any atom is -0.494 e. The van der Waals surface area contributed by atoms with Crippen LogP contribution in [0.25, 0.3) is 0 Å². The van der Waals surface area contributed by atoms with E-state index < -0.39 is 0 Å². The summed E-state index contributed by atoms with van der Waals surface area (Å²) in [5.74, 6) is -0.0118. The second kappa shape index (κ2) is 6.85. The Morgan fingerprint density at radius 2 is 1.95 bits per heavy atom. The third-order valence-corrected chi connectivity index (χ3v) is 4.06. The summed E-state index contributed by atoms with van der Waals surface area (Å²) in [4.78, 5) is 12.4. The molecule has 0 bridgehead atoms. The predicted octanol–water partition coefficient (Wildman–Crippen LogP) is 5.17. The van der Waals surface area contributed by atoms with E-state index in [2.05, 4.69) is 27.9 Å². The molecule has 3 nitrogen and oxygen atoms in total. The fourth-order valence-corrected chi connectivity index (χ4v) is 3.11. The first kappa shape index (κ1) is 16.4. The molecule has 0 heterocycles. The van der Waals surface area contributed by atoms with E-state index in [4.69, 9.17) is 27.9 Å². The summed E-state index contributed by atoms with van der Waals surface area (Å²) in [5.41, 5.74) is 2.01. The van der Waals surface area contributed by atoms with Gasteiger partial charge < -0.3 is 10.1 Å². The molecule has 1 amide bonds. The summed E-state index contributed by atoms with van der Waals surface area (Å²) >= 11 is 14.2. The summed E-state index contributed by atoms with van der Waals surface area (Å²) in [7, 11) is 1.46. The zero-order valence-corrected chi connectivity index (χ0v) is 15.0.